The Kier molecular flexibility index (Phi) is 4.10. The minimum Gasteiger partial charge on any atom is -0.486 e. The van der Waals surface area contributed by atoms with E-state index in [1.165, 1.54) is 11.8 Å². The highest BCUT2D eigenvalue weighted by molar-refractivity contribution is 6.19. The van der Waals surface area contributed by atoms with E-state index in [0.29, 0.717) is 48.5 Å². The molecule has 0 unspecified atom stereocenters. The molecule has 2 aliphatic heterocycles. The van der Waals surface area contributed by atoms with Crippen molar-refractivity contribution in [2.75, 3.05) is 30.0 Å². The number of aromatic nitrogens is 1. The molecular weight excluding hydrogens is 350 g/mol. The minimum absolute atomic E-state index is 0.374. The summed E-state index contributed by atoms with van der Waals surface area (Å²) >= 11 is 0. The molecule has 0 spiro atoms. The Bertz CT molecular complexity index is 916. The van der Waals surface area contributed by atoms with Crippen LogP contribution in [0.4, 0.5) is 11.5 Å². The fourth-order valence-electron chi connectivity index (χ4n) is 3.09. The molecule has 8 heteroatoms. The standard InChI is InChI=1S/C19H19N3O5/c1-3-22-16-14(5-4-8-20-16)27-19(2,18(22)24)17(23)21-12-6-7-13-15(11-12)26-10-9-25-13/h4-8,11H,3,9-10H2,1-2H3,(H,21,23)/t19-/m0/s1. The van der Waals surface area contributed by atoms with Gasteiger partial charge in [-0.15, -0.1) is 0 Å². The van der Waals surface area contributed by atoms with Crippen molar-refractivity contribution in [3.8, 4) is 17.2 Å². The quantitative estimate of drug-likeness (QED) is 0.833. The fourth-order valence-corrected chi connectivity index (χ4v) is 3.09. The van der Waals surface area contributed by atoms with Gasteiger partial charge < -0.3 is 19.5 Å². The van der Waals surface area contributed by atoms with E-state index in [1.807, 2.05) is 6.92 Å². The van der Waals surface area contributed by atoms with Gasteiger partial charge in [-0.2, -0.15) is 0 Å². The number of carbonyl (C=O) groups is 2. The molecule has 3 heterocycles. The second kappa shape index (κ2) is 6.46. The highest BCUT2D eigenvalue weighted by atomic mass is 16.6. The highest BCUT2D eigenvalue weighted by Crippen LogP contribution is 2.37. The van der Waals surface area contributed by atoms with Gasteiger partial charge >= 0.3 is 0 Å². The lowest BCUT2D eigenvalue weighted by molar-refractivity contribution is -0.145. The van der Waals surface area contributed by atoms with Crippen molar-refractivity contribution in [1.29, 1.82) is 0 Å². The van der Waals surface area contributed by atoms with Crippen LogP contribution in [0.25, 0.3) is 0 Å². The Morgan fingerprint density at radius 1 is 1.22 bits per heavy atom. The monoisotopic (exact) mass is 369 g/mol. The summed E-state index contributed by atoms with van der Waals surface area (Å²) in [5, 5.41) is 2.74. The maximum Gasteiger partial charge on any atom is 0.282 e. The zero-order valence-electron chi connectivity index (χ0n) is 15.0. The molecule has 1 aromatic heterocycles. The minimum atomic E-state index is -1.71. The second-order valence-electron chi connectivity index (χ2n) is 6.32. The van der Waals surface area contributed by atoms with E-state index in [1.54, 1.807) is 36.5 Å². The molecule has 0 bridgehead atoms. The van der Waals surface area contributed by atoms with Crippen molar-refractivity contribution in [3.05, 3.63) is 36.5 Å². The van der Waals surface area contributed by atoms with Crippen LogP contribution in [-0.4, -0.2) is 42.2 Å². The van der Waals surface area contributed by atoms with Crippen LogP contribution in [0.2, 0.25) is 0 Å². The predicted molar refractivity (Wildman–Crippen MR) is 97.4 cm³/mol. The fraction of sp³-hybridized carbons (Fsp3) is 0.316. The first kappa shape index (κ1) is 17.1. The molecule has 1 atom stereocenters. The summed E-state index contributed by atoms with van der Waals surface area (Å²) in [6.45, 7) is 4.58. The Morgan fingerprint density at radius 2 is 2.00 bits per heavy atom. The van der Waals surface area contributed by atoms with Crippen molar-refractivity contribution in [3.63, 3.8) is 0 Å². The number of benzene rings is 1. The normalized spacial score (nSPS) is 20.5. The third-order valence-corrected chi connectivity index (χ3v) is 4.52. The number of likely N-dealkylation sites (N-methyl/N-ethyl adjacent to an activating group) is 1. The Morgan fingerprint density at radius 3 is 2.78 bits per heavy atom. The maximum atomic E-state index is 13.0. The molecule has 1 aromatic carbocycles. The number of hydrogen-bond donors (Lipinski definition) is 1. The van der Waals surface area contributed by atoms with Gasteiger partial charge in [-0.05, 0) is 38.1 Å². The van der Waals surface area contributed by atoms with Crippen LogP contribution in [0.15, 0.2) is 36.5 Å². The third kappa shape index (κ3) is 2.83. The van der Waals surface area contributed by atoms with Gasteiger partial charge in [0.2, 0.25) is 0 Å². The largest absolute Gasteiger partial charge is 0.486 e. The van der Waals surface area contributed by atoms with Crippen LogP contribution >= 0.6 is 0 Å². The highest BCUT2D eigenvalue weighted by Gasteiger charge is 2.51. The Labute approximate surface area is 156 Å². The van der Waals surface area contributed by atoms with E-state index in [-0.39, 0.29) is 0 Å². The number of anilines is 2. The molecule has 0 saturated carbocycles. The lowest BCUT2D eigenvalue weighted by atomic mass is 10.0. The van der Waals surface area contributed by atoms with Gasteiger partial charge in [0, 0.05) is 24.5 Å². The van der Waals surface area contributed by atoms with E-state index in [9.17, 15) is 9.59 Å². The molecule has 0 saturated heterocycles. The van der Waals surface area contributed by atoms with Gasteiger partial charge in [0.15, 0.2) is 23.1 Å². The zero-order valence-corrected chi connectivity index (χ0v) is 15.0. The van der Waals surface area contributed by atoms with Gasteiger partial charge in [-0.1, -0.05) is 0 Å². The first-order valence-corrected chi connectivity index (χ1v) is 8.70. The lowest BCUT2D eigenvalue weighted by Crippen LogP contribution is -2.60. The van der Waals surface area contributed by atoms with E-state index >= 15 is 0 Å². The number of pyridine rings is 1. The molecule has 2 aromatic rings. The SMILES string of the molecule is CCN1C(=O)[C@](C)(C(=O)Nc2ccc3c(c2)OCCO3)Oc2cccnc21. The lowest BCUT2D eigenvalue weighted by Gasteiger charge is -2.38. The van der Waals surface area contributed by atoms with E-state index < -0.39 is 17.4 Å². The number of nitrogens with zero attached hydrogens (tertiary/aromatic N) is 2. The first-order chi connectivity index (χ1) is 13.0. The van der Waals surface area contributed by atoms with Crippen LogP contribution in [0.1, 0.15) is 13.8 Å². The van der Waals surface area contributed by atoms with Crippen molar-refractivity contribution in [2.24, 2.45) is 0 Å². The predicted octanol–water partition coefficient (Wildman–Crippen LogP) is 2.00. The molecule has 2 aliphatic rings. The van der Waals surface area contributed by atoms with Crippen LogP contribution in [0.5, 0.6) is 17.2 Å². The third-order valence-electron chi connectivity index (χ3n) is 4.52. The molecular formula is C19H19N3O5. The van der Waals surface area contributed by atoms with Crippen LogP contribution in [0, 0.1) is 0 Å². The summed E-state index contributed by atoms with van der Waals surface area (Å²) < 4.78 is 16.8. The van der Waals surface area contributed by atoms with Crippen molar-refractivity contribution < 1.29 is 23.8 Å². The summed E-state index contributed by atoms with van der Waals surface area (Å²) in [7, 11) is 0. The van der Waals surface area contributed by atoms with E-state index in [2.05, 4.69) is 10.3 Å². The van der Waals surface area contributed by atoms with Gasteiger partial charge in [-0.3, -0.25) is 14.5 Å². The summed E-state index contributed by atoms with van der Waals surface area (Å²) in [5.41, 5.74) is -1.22. The molecule has 140 valence electrons. The van der Waals surface area contributed by atoms with Crippen LogP contribution in [-0.2, 0) is 9.59 Å². The van der Waals surface area contributed by atoms with Crippen molar-refractivity contribution in [2.45, 2.75) is 19.4 Å². The number of carbonyl (C=O) groups excluding carboxylic acids is 2. The first-order valence-electron chi connectivity index (χ1n) is 8.70. The van der Waals surface area contributed by atoms with Crippen LogP contribution in [0.3, 0.4) is 0 Å². The average Bonchev–Trinajstić information content (AvgIpc) is 2.69. The van der Waals surface area contributed by atoms with Gasteiger partial charge in [0.1, 0.15) is 13.2 Å². The van der Waals surface area contributed by atoms with Gasteiger partial charge in [0.05, 0.1) is 0 Å². The van der Waals surface area contributed by atoms with Crippen LogP contribution < -0.4 is 24.4 Å². The topological polar surface area (TPSA) is 90.0 Å². The van der Waals surface area contributed by atoms with Gasteiger partial charge in [-0.25, -0.2) is 4.98 Å². The number of ether oxygens (including phenoxy) is 3. The molecule has 0 fully saturated rings. The molecule has 0 radical (unpaired) electrons. The molecule has 2 amide bonds. The number of hydrogen-bond acceptors (Lipinski definition) is 6. The smallest absolute Gasteiger partial charge is 0.282 e. The zero-order chi connectivity index (χ0) is 19.0. The maximum absolute atomic E-state index is 13.0. The second-order valence-corrected chi connectivity index (χ2v) is 6.32. The summed E-state index contributed by atoms with van der Waals surface area (Å²) in [5.74, 6) is 0.925. The summed E-state index contributed by atoms with van der Waals surface area (Å²) in [6.07, 6.45) is 1.58. The Hall–Kier alpha value is -3.29. The number of amides is 2. The van der Waals surface area contributed by atoms with Gasteiger partial charge in [0.25, 0.3) is 17.4 Å². The Balaban J connectivity index is 1.62. The molecule has 27 heavy (non-hydrogen) atoms. The summed E-state index contributed by atoms with van der Waals surface area (Å²) in [6, 6.07) is 8.45. The van der Waals surface area contributed by atoms with E-state index in [0.717, 1.165) is 0 Å². The molecule has 0 aliphatic carbocycles. The number of fused-ring (bicyclic) bond motifs is 2. The van der Waals surface area contributed by atoms with Crippen molar-refractivity contribution in [1.82, 2.24) is 4.98 Å². The molecule has 8 nitrogen and oxygen atoms in total. The number of rotatable bonds is 3. The molecule has 1 N–H and O–H groups in total. The number of nitrogens with one attached hydrogen (secondary N) is 1. The average molecular weight is 369 g/mol. The van der Waals surface area contributed by atoms with E-state index in [4.69, 9.17) is 14.2 Å². The van der Waals surface area contributed by atoms with Crippen molar-refractivity contribution >= 4 is 23.3 Å². The summed E-state index contributed by atoms with van der Waals surface area (Å²) in [4.78, 5) is 31.6. The molecule has 4 rings (SSSR count).